The van der Waals surface area contributed by atoms with Gasteiger partial charge in [0.1, 0.15) is 5.82 Å². The number of carbonyl (C=O) groups is 1. The monoisotopic (exact) mass is 396 g/mol. The zero-order valence-corrected chi connectivity index (χ0v) is 16.4. The number of allylic oxidation sites excluding steroid dienone is 1. The summed E-state index contributed by atoms with van der Waals surface area (Å²) < 4.78 is 15.9. The quantitative estimate of drug-likeness (QED) is 0.448. The first-order valence-electron chi connectivity index (χ1n) is 8.93. The van der Waals surface area contributed by atoms with E-state index < -0.39 is 0 Å². The summed E-state index contributed by atoms with van der Waals surface area (Å²) in [4.78, 5) is 12.3. The normalized spacial score (nSPS) is 10.6. The van der Waals surface area contributed by atoms with Crippen LogP contribution in [0.5, 0.6) is 0 Å². The predicted molar refractivity (Wildman–Crippen MR) is 111 cm³/mol. The molecular formula is C21H21FN4OS. The molecule has 7 heteroatoms. The van der Waals surface area contributed by atoms with Crippen molar-refractivity contribution in [2.24, 2.45) is 0 Å². The van der Waals surface area contributed by atoms with Gasteiger partial charge in [0.15, 0.2) is 11.0 Å². The summed E-state index contributed by atoms with van der Waals surface area (Å²) in [5.41, 5.74) is 2.29. The van der Waals surface area contributed by atoms with Crippen molar-refractivity contribution in [2.75, 3.05) is 11.1 Å². The molecule has 3 aromatic rings. The van der Waals surface area contributed by atoms with Crippen molar-refractivity contribution in [3.63, 3.8) is 0 Å². The Hall–Kier alpha value is -2.93. The molecule has 0 atom stereocenters. The van der Waals surface area contributed by atoms with E-state index in [1.807, 2.05) is 24.3 Å². The zero-order valence-electron chi connectivity index (χ0n) is 15.6. The summed E-state index contributed by atoms with van der Waals surface area (Å²) in [6.07, 6.45) is 2.59. The van der Waals surface area contributed by atoms with Crippen molar-refractivity contribution >= 4 is 23.4 Å². The number of aromatic nitrogens is 3. The summed E-state index contributed by atoms with van der Waals surface area (Å²) in [5.74, 6) is 0.0730. The van der Waals surface area contributed by atoms with Crippen molar-refractivity contribution in [2.45, 2.75) is 25.0 Å². The minimum atomic E-state index is -0.370. The van der Waals surface area contributed by atoms with Crippen LogP contribution in [0.3, 0.4) is 0 Å². The minimum absolute atomic E-state index is 0.140. The number of thioether (sulfide) groups is 1. The standard InChI is InChI=1S/C21H21FN4OS/c1-3-12-26-20(17-10-5-6-11-18(17)22)24-25-21(26)28-14-19(27)23-16-9-7-8-15(4-2)13-16/h3,5-11,13H,1,4,12,14H2,2H3,(H,23,27). The number of nitrogens with one attached hydrogen (secondary N) is 1. The molecule has 0 aliphatic carbocycles. The molecule has 1 N–H and O–H groups in total. The molecule has 3 rings (SSSR count). The van der Waals surface area contributed by atoms with Crippen molar-refractivity contribution in [1.82, 2.24) is 14.8 Å². The highest BCUT2D eigenvalue weighted by molar-refractivity contribution is 7.99. The highest BCUT2D eigenvalue weighted by atomic mass is 32.2. The molecule has 0 saturated carbocycles. The highest BCUT2D eigenvalue weighted by Crippen LogP contribution is 2.26. The lowest BCUT2D eigenvalue weighted by atomic mass is 10.1. The van der Waals surface area contributed by atoms with Crippen LogP contribution < -0.4 is 5.32 Å². The van der Waals surface area contributed by atoms with Crippen LogP contribution >= 0.6 is 11.8 Å². The predicted octanol–water partition coefficient (Wildman–Crippen LogP) is 4.56. The fourth-order valence-corrected chi connectivity index (χ4v) is 3.47. The molecule has 5 nitrogen and oxygen atoms in total. The van der Waals surface area contributed by atoms with Crippen LogP contribution in [0.15, 0.2) is 66.3 Å². The maximum atomic E-state index is 14.1. The van der Waals surface area contributed by atoms with Gasteiger partial charge in [0.2, 0.25) is 5.91 Å². The molecule has 0 bridgehead atoms. The van der Waals surface area contributed by atoms with Gasteiger partial charge >= 0.3 is 0 Å². The molecule has 0 unspecified atom stereocenters. The first kappa shape index (κ1) is 19.8. The minimum Gasteiger partial charge on any atom is -0.325 e. The Balaban J connectivity index is 1.72. The molecule has 0 aliphatic rings. The van der Waals surface area contributed by atoms with E-state index in [0.717, 1.165) is 17.7 Å². The number of carbonyl (C=O) groups excluding carboxylic acids is 1. The molecular weight excluding hydrogens is 375 g/mol. The lowest BCUT2D eigenvalue weighted by Gasteiger charge is -2.09. The van der Waals surface area contributed by atoms with Gasteiger partial charge in [0, 0.05) is 12.2 Å². The van der Waals surface area contributed by atoms with Gasteiger partial charge in [0.25, 0.3) is 0 Å². The molecule has 28 heavy (non-hydrogen) atoms. The van der Waals surface area contributed by atoms with Gasteiger partial charge in [-0.05, 0) is 36.2 Å². The second-order valence-corrected chi connectivity index (χ2v) is 7.02. The Labute approximate surface area is 167 Å². The van der Waals surface area contributed by atoms with Gasteiger partial charge < -0.3 is 5.32 Å². The molecule has 1 aromatic heterocycles. The summed E-state index contributed by atoms with van der Waals surface area (Å²) in [6.45, 7) is 6.22. The molecule has 0 aliphatic heterocycles. The third kappa shape index (κ3) is 4.67. The second-order valence-electron chi connectivity index (χ2n) is 6.08. The number of aryl methyl sites for hydroxylation is 1. The summed E-state index contributed by atoms with van der Waals surface area (Å²) >= 11 is 1.25. The van der Waals surface area contributed by atoms with Crippen molar-refractivity contribution in [1.29, 1.82) is 0 Å². The van der Waals surface area contributed by atoms with E-state index in [-0.39, 0.29) is 17.5 Å². The van der Waals surface area contributed by atoms with E-state index in [1.54, 1.807) is 28.8 Å². The number of benzene rings is 2. The largest absolute Gasteiger partial charge is 0.325 e. The van der Waals surface area contributed by atoms with E-state index >= 15 is 0 Å². The van der Waals surface area contributed by atoms with E-state index in [9.17, 15) is 9.18 Å². The Morgan fingerprint density at radius 2 is 2.07 bits per heavy atom. The summed E-state index contributed by atoms with van der Waals surface area (Å²) in [6, 6.07) is 14.2. The highest BCUT2D eigenvalue weighted by Gasteiger charge is 2.17. The van der Waals surface area contributed by atoms with Crippen LogP contribution in [0.25, 0.3) is 11.4 Å². The third-order valence-electron chi connectivity index (χ3n) is 4.09. The first-order valence-corrected chi connectivity index (χ1v) is 9.91. The van der Waals surface area contributed by atoms with Crippen LogP contribution in [0, 0.1) is 5.82 Å². The molecule has 0 saturated heterocycles. The van der Waals surface area contributed by atoms with Crippen molar-refractivity contribution in [3.8, 4) is 11.4 Å². The van der Waals surface area contributed by atoms with Crippen LogP contribution in [0.4, 0.5) is 10.1 Å². The Morgan fingerprint density at radius 1 is 1.25 bits per heavy atom. The molecule has 1 heterocycles. The summed E-state index contributed by atoms with van der Waals surface area (Å²) in [7, 11) is 0. The number of hydrogen-bond acceptors (Lipinski definition) is 4. The van der Waals surface area contributed by atoms with Crippen molar-refractivity contribution in [3.05, 3.63) is 72.6 Å². The third-order valence-corrected chi connectivity index (χ3v) is 5.06. The van der Waals surface area contributed by atoms with E-state index in [2.05, 4.69) is 29.0 Å². The van der Waals surface area contributed by atoms with Gasteiger partial charge in [-0.15, -0.1) is 16.8 Å². The zero-order chi connectivity index (χ0) is 19.9. The Morgan fingerprint density at radius 3 is 2.82 bits per heavy atom. The molecule has 2 aromatic carbocycles. The SMILES string of the molecule is C=CCn1c(SCC(=O)Nc2cccc(CC)c2)nnc1-c1ccccc1F. The van der Waals surface area contributed by atoms with E-state index in [4.69, 9.17) is 0 Å². The fraction of sp³-hybridized carbons (Fsp3) is 0.190. The number of rotatable bonds is 8. The molecule has 0 fully saturated rings. The first-order chi connectivity index (χ1) is 13.6. The molecule has 144 valence electrons. The maximum absolute atomic E-state index is 14.1. The smallest absolute Gasteiger partial charge is 0.234 e. The topological polar surface area (TPSA) is 59.8 Å². The average molecular weight is 396 g/mol. The number of amides is 1. The number of nitrogens with zero attached hydrogens (tertiary/aromatic N) is 3. The molecule has 0 radical (unpaired) electrons. The lowest BCUT2D eigenvalue weighted by Crippen LogP contribution is -2.14. The summed E-state index contributed by atoms with van der Waals surface area (Å²) in [5, 5.41) is 11.7. The number of hydrogen-bond donors (Lipinski definition) is 1. The fourth-order valence-electron chi connectivity index (χ4n) is 2.73. The number of halogens is 1. The van der Waals surface area contributed by atoms with E-state index in [1.165, 1.54) is 17.8 Å². The van der Waals surface area contributed by atoms with Gasteiger partial charge in [-0.1, -0.05) is 49.0 Å². The van der Waals surface area contributed by atoms with Crippen LogP contribution in [0.1, 0.15) is 12.5 Å². The van der Waals surface area contributed by atoms with Gasteiger partial charge in [0.05, 0.1) is 11.3 Å². The van der Waals surface area contributed by atoms with Crippen molar-refractivity contribution < 1.29 is 9.18 Å². The van der Waals surface area contributed by atoms with Gasteiger partial charge in [-0.3, -0.25) is 9.36 Å². The Bertz CT molecular complexity index is 986. The maximum Gasteiger partial charge on any atom is 0.234 e. The van der Waals surface area contributed by atoms with Gasteiger partial charge in [-0.25, -0.2) is 4.39 Å². The van der Waals surface area contributed by atoms with Crippen LogP contribution in [-0.2, 0) is 17.8 Å². The van der Waals surface area contributed by atoms with Crippen LogP contribution in [-0.4, -0.2) is 26.4 Å². The Kier molecular flexibility index (Phi) is 6.60. The van der Waals surface area contributed by atoms with E-state index in [0.29, 0.717) is 23.1 Å². The average Bonchev–Trinajstić information content (AvgIpc) is 3.09. The lowest BCUT2D eigenvalue weighted by molar-refractivity contribution is -0.113. The van der Waals surface area contributed by atoms with Gasteiger partial charge in [-0.2, -0.15) is 0 Å². The molecule has 0 spiro atoms. The number of anilines is 1. The van der Waals surface area contributed by atoms with Crippen LogP contribution in [0.2, 0.25) is 0 Å². The molecule has 1 amide bonds. The second kappa shape index (κ2) is 9.32.